The average Bonchev–Trinajstić information content (AvgIpc) is 3.45. The van der Waals surface area contributed by atoms with Crippen LogP contribution in [0, 0.1) is 13.8 Å². The van der Waals surface area contributed by atoms with Gasteiger partial charge in [-0.3, -0.25) is 4.68 Å². The van der Waals surface area contributed by atoms with Crippen molar-refractivity contribution in [3.63, 3.8) is 0 Å². The van der Waals surface area contributed by atoms with Crippen LogP contribution < -0.4 is 4.90 Å². The van der Waals surface area contributed by atoms with Crippen molar-refractivity contribution in [2.45, 2.75) is 27.7 Å². The van der Waals surface area contributed by atoms with E-state index in [1.54, 1.807) is 4.68 Å². The third kappa shape index (κ3) is 4.13. The molecule has 0 spiro atoms. The van der Waals surface area contributed by atoms with Gasteiger partial charge in [0.25, 0.3) is 5.90 Å². The number of hydrogen-bond acceptors (Lipinski definition) is 8. The number of rotatable bonds is 6. The van der Waals surface area contributed by atoms with E-state index in [1.807, 2.05) is 39.1 Å². The minimum Gasteiger partial charge on any atom is -0.435 e. The summed E-state index contributed by atoms with van der Waals surface area (Å²) in [6, 6.07) is 7.99. The van der Waals surface area contributed by atoms with Crippen molar-refractivity contribution in [3.05, 3.63) is 53.3 Å². The molecule has 0 radical (unpaired) electrons. The summed E-state index contributed by atoms with van der Waals surface area (Å²) in [5.41, 5.74) is 7.09. The summed E-state index contributed by atoms with van der Waals surface area (Å²) in [7, 11) is 1.85. The van der Waals surface area contributed by atoms with Gasteiger partial charge in [0.2, 0.25) is 11.6 Å². The summed E-state index contributed by atoms with van der Waals surface area (Å²) >= 11 is 0. The normalized spacial score (nSPS) is 13.4. The van der Waals surface area contributed by atoms with Crippen LogP contribution in [-0.4, -0.2) is 55.3 Å². The number of aliphatic imine (C=N–C) groups is 1. The van der Waals surface area contributed by atoms with Gasteiger partial charge in [-0.1, -0.05) is 0 Å². The van der Waals surface area contributed by atoms with Crippen LogP contribution in [0.5, 0.6) is 0 Å². The van der Waals surface area contributed by atoms with Crippen molar-refractivity contribution in [2.75, 3.05) is 18.0 Å². The quantitative estimate of drug-likeness (QED) is 0.329. The lowest BCUT2D eigenvalue weighted by Crippen LogP contribution is -2.21. The maximum atomic E-state index is 10.5. The molecule has 0 N–H and O–H groups in total. The Labute approximate surface area is 191 Å². The van der Waals surface area contributed by atoms with Gasteiger partial charge >= 0.3 is 0 Å². The Bertz CT molecular complexity index is 1330. The number of ether oxygens (including phenoxy) is 1. The maximum absolute atomic E-state index is 10.5. The summed E-state index contributed by atoms with van der Waals surface area (Å²) in [6.07, 6.45) is 1.09. The lowest BCUT2D eigenvalue weighted by molar-refractivity contribution is 0.479. The van der Waals surface area contributed by atoms with Crippen LogP contribution in [0.25, 0.3) is 11.5 Å². The summed E-state index contributed by atoms with van der Waals surface area (Å²) in [5.74, 6) is 2.57. The second-order valence-corrected chi connectivity index (χ2v) is 7.44. The smallest absolute Gasteiger partial charge is 0.267 e. The summed E-state index contributed by atoms with van der Waals surface area (Å²) in [5, 5.41) is 17.5. The van der Waals surface area contributed by atoms with Crippen LogP contribution in [0.15, 0.2) is 46.4 Å². The molecule has 0 atom stereocenters. The molecule has 168 valence electrons. The zero-order chi connectivity index (χ0) is 23.5. The Balaban J connectivity index is 1.79. The van der Waals surface area contributed by atoms with Gasteiger partial charge in [0.1, 0.15) is 12.0 Å². The number of hydrogen-bond donors (Lipinski definition) is 0. The molecule has 0 bridgehead atoms. The highest BCUT2D eigenvalue weighted by molar-refractivity contribution is 6.46. The first-order valence-corrected chi connectivity index (χ1v) is 10.6. The molecule has 1 aliphatic heterocycles. The second-order valence-electron chi connectivity index (χ2n) is 7.44. The highest BCUT2D eigenvalue weighted by atomic mass is 16.5. The molecule has 1 aromatic carbocycles. The molecule has 1 aliphatic rings. The van der Waals surface area contributed by atoms with Crippen molar-refractivity contribution in [1.82, 2.24) is 24.7 Å². The third-order valence-corrected chi connectivity index (χ3v) is 5.42. The van der Waals surface area contributed by atoms with E-state index in [2.05, 4.69) is 50.9 Å². The largest absolute Gasteiger partial charge is 0.435 e. The number of benzene rings is 1. The number of aryl methyl sites for hydroxylation is 3. The molecule has 0 amide bonds. The zero-order valence-corrected chi connectivity index (χ0v) is 19.2. The molecule has 2 aromatic heterocycles. The van der Waals surface area contributed by atoms with Crippen LogP contribution in [0.2, 0.25) is 0 Å². The molecular weight excluding hydrogens is 420 g/mol. The Morgan fingerprint density at radius 2 is 1.91 bits per heavy atom. The first-order valence-electron chi connectivity index (χ1n) is 10.6. The average molecular weight is 444 g/mol. The number of aromatic nitrogens is 5. The van der Waals surface area contributed by atoms with E-state index in [4.69, 9.17) is 9.73 Å². The van der Waals surface area contributed by atoms with Crippen molar-refractivity contribution in [1.29, 1.82) is 0 Å². The van der Waals surface area contributed by atoms with Gasteiger partial charge < -0.3 is 9.64 Å². The van der Waals surface area contributed by atoms with E-state index in [0.717, 1.165) is 42.0 Å². The van der Waals surface area contributed by atoms with Gasteiger partial charge in [-0.25, -0.2) is 9.79 Å². The fourth-order valence-electron chi connectivity index (χ4n) is 3.54. The molecular formula is C23H24N8O2. The fourth-order valence-corrected chi connectivity index (χ4v) is 3.54. The Morgan fingerprint density at radius 3 is 2.55 bits per heavy atom. The van der Waals surface area contributed by atoms with Crippen molar-refractivity contribution in [3.8, 4) is 11.5 Å². The molecule has 3 aromatic rings. The van der Waals surface area contributed by atoms with Crippen LogP contribution in [0.4, 0.5) is 11.4 Å². The zero-order valence-electron chi connectivity index (χ0n) is 19.2. The molecule has 0 fully saturated rings. The molecule has 3 heterocycles. The van der Waals surface area contributed by atoms with Crippen LogP contribution in [-0.2, 0) is 16.6 Å². The topological polar surface area (TPSA) is 103 Å². The number of carbonyl (C=O) groups excluding carboxylic acids is 1. The molecule has 0 saturated heterocycles. The van der Waals surface area contributed by atoms with Gasteiger partial charge in [0, 0.05) is 37.2 Å². The van der Waals surface area contributed by atoms with Crippen LogP contribution in [0.3, 0.4) is 0 Å². The number of nitrogens with zero attached hydrogens (tertiary/aromatic N) is 8. The fraction of sp³-hybridized carbons (Fsp3) is 0.304. The molecule has 0 unspecified atom stereocenters. The Hall–Kier alpha value is -4.26. The maximum Gasteiger partial charge on any atom is 0.267 e. The van der Waals surface area contributed by atoms with E-state index >= 15 is 0 Å². The summed E-state index contributed by atoms with van der Waals surface area (Å²) < 4.78 is 8.81. The van der Waals surface area contributed by atoms with E-state index in [0.29, 0.717) is 23.1 Å². The monoisotopic (exact) mass is 444 g/mol. The first-order chi connectivity index (χ1) is 16.0. The van der Waals surface area contributed by atoms with Crippen molar-refractivity contribution >= 4 is 28.9 Å². The van der Waals surface area contributed by atoms with Gasteiger partial charge in [-0.05, 0) is 57.5 Å². The number of anilines is 1. The molecule has 10 heteroatoms. The first kappa shape index (κ1) is 22.0. The van der Waals surface area contributed by atoms with E-state index < -0.39 is 0 Å². The lowest BCUT2D eigenvalue weighted by Gasteiger charge is -2.21. The minimum absolute atomic E-state index is 0.170. The lowest BCUT2D eigenvalue weighted by atomic mass is 10.1. The van der Waals surface area contributed by atoms with Gasteiger partial charge in [-0.2, -0.15) is 9.77 Å². The molecule has 10 nitrogen and oxygen atoms in total. The Morgan fingerprint density at radius 1 is 1.15 bits per heavy atom. The van der Waals surface area contributed by atoms with Crippen molar-refractivity contribution in [2.24, 2.45) is 17.1 Å². The van der Waals surface area contributed by atoms with Gasteiger partial charge in [0.15, 0.2) is 11.7 Å². The minimum atomic E-state index is 0.170. The summed E-state index contributed by atoms with van der Waals surface area (Å²) in [6.45, 7) is 10.0. The SMILES string of the molecule is CCN(CC)c1ccc(/N=C2/C(OC=C=C=O)=Nn3c2nnc3-c2cc(C)n(C)n2)c(C)c1. The molecule has 4 rings (SSSR count). The molecule has 33 heavy (non-hydrogen) atoms. The van der Waals surface area contributed by atoms with Crippen LogP contribution in [0.1, 0.15) is 30.9 Å². The van der Waals surface area contributed by atoms with Gasteiger partial charge in [0.05, 0.1) is 5.69 Å². The standard InChI is InChI=1S/C23H24N8O2/c1-6-30(7-2)17-9-10-18(15(3)13-17)24-20-22-26-25-21(19-14-16(4)29(5)27-19)31(22)28-23(20)33-12-8-11-32/h9-10,12-14H,6-7H2,1-5H3/b24-20+. The third-order valence-electron chi connectivity index (χ3n) is 5.42. The highest BCUT2D eigenvalue weighted by Gasteiger charge is 2.31. The van der Waals surface area contributed by atoms with E-state index in [-0.39, 0.29) is 5.90 Å². The van der Waals surface area contributed by atoms with Crippen molar-refractivity contribution < 1.29 is 9.53 Å². The van der Waals surface area contributed by atoms with Crippen LogP contribution >= 0.6 is 0 Å². The predicted molar refractivity (Wildman–Crippen MR) is 126 cm³/mol. The predicted octanol–water partition coefficient (Wildman–Crippen LogP) is 2.95. The van der Waals surface area contributed by atoms with Gasteiger partial charge in [-0.15, -0.1) is 15.3 Å². The Kier molecular flexibility index (Phi) is 6.04. The summed E-state index contributed by atoms with van der Waals surface area (Å²) in [4.78, 5) is 17.6. The molecule has 0 aliphatic carbocycles. The number of fused-ring (bicyclic) bond motifs is 1. The van der Waals surface area contributed by atoms with E-state index in [9.17, 15) is 4.79 Å². The van der Waals surface area contributed by atoms with E-state index in [1.165, 1.54) is 10.6 Å². The molecule has 0 saturated carbocycles. The highest BCUT2D eigenvalue weighted by Crippen LogP contribution is 2.28. The second kappa shape index (κ2) is 9.08.